The fraction of sp³-hybridized carbons (Fsp3) is 0.333. The third-order valence-electron chi connectivity index (χ3n) is 4.99. The van der Waals surface area contributed by atoms with E-state index in [0.29, 0.717) is 31.7 Å². The third kappa shape index (κ3) is 5.31. The summed E-state index contributed by atoms with van der Waals surface area (Å²) in [5.41, 5.74) is 0.183. The maximum atomic E-state index is 13.4. The first-order valence-electron chi connectivity index (χ1n) is 9.32. The molecule has 160 valence electrons. The van der Waals surface area contributed by atoms with Crippen LogP contribution in [0.3, 0.4) is 0 Å². The molecule has 1 aliphatic heterocycles. The van der Waals surface area contributed by atoms with Gasteiger partial charge in [0, 0.05) is 46.6 Å². The minimum atomic E-state index is -4.64. The Morgan fingerprint density at radius 3 is 2.27 bits per heavy atom. The van der Waals surface area contributed by atoms with Gasteiger partial charge in [-0.2, -0.15) is 13.2 Å². The van der Waals surface area contributed by atoms with Crippen LogP contribution in [0.15, 0.2) is 36.4 Å². The monoisotopic (exact) mass is 531 g/mol. The smallest absolute Gasteiger partial charge is 0.336 e. The molecule has 0 radical (unpaired) electrons. The van der Waals surface area contributed by atoms with E-state index in [1.54, 1.807) is 18.2 Å². The van der Waals surface area contributed by atoms with Crippen LogP contribution in [0.2, 0.25) is 0 Å². The van der Waals surface area contributed by atoms with Crippen molar-refractivity contribution in [3.05, 3.63) is 62.2 Å². The van der Waals surface area contributed by atoms with E-state index in [2.05, 4.69) is 27.9 Å². The van der Waals surface area contributed by atoms with Crippen molar-refractivity contribution >= 4 is 40.1 Å². The lowest BCUT2D eigenvalue weighted by atomic mass is 10.1. The molecular weight excluding hydrogens is 510 g/mol. The van der Waals surface area contributed by atoms with Gasteiger partial charge in [-0.25, -0.2) is 0 Å². The Morgan fingerprint density at radius 2 is 1.67 bits per heavy atom. The van der Waals surface area contributed by atoms with Crippen molar-refractivity contribution in [2.45, 2.75) is 13.1 Å². The molecule has 30 heavy (non-hydrogen) atoms. The Kier molecular flexibility index (Phi) is 6.71. The highest BCUT2D eigenvalue weighted by molar-refractivity contribution is 14.1. The van der Waals surface area contributed by atoms with E-state index in [1.165, 1.54) is 11.0 Å². The van der Waals surface area contributed by atoms with Gasteiger partial charge in [-0.05, 0) is 72.5 Å². The molecule has 0 aromatic heterocycles. The first-order valence-corrected chi connectivity index (χ1v) is 10.4. The molecule has 0 bridgehead atoms. The van der Waals surface area contributed by atoms with Crippen molar-refractivity contribution < 1.29 is 22.8 Å². The molecule has 2 amide bonds. The molecule has 1 fully saturated rings. The molecule has 5 nitrogen and oxygen atoms in total. The topological polar surface area (TPSA) is 52.7 Å². The second-order valence-corrected chi connectivity index (χ2v) is 8.47. The van der Waals surface area contributed by atoms with Gasteiger partial charge >= 0.3 is 6.18 Å². The van der Waals surface area contributed by atoms with E-state index in [9.17, 15) is 22.8 Å². The van der Waals surface area contributed by atoms with E-state index in [-0.39, 0.29) is 11.3 Å². The van der Waals surface area contributed by atoms with Crippen molar-refractivity contribution in [2.75, 3.05) is 38.5 Å². The average Bonchev–Trinajstić information content (AvgIpc) is 2.69. The van der Waals surface area contributed by atoms with E-state index >= 15 is 0 Å². The molecule has 0 spiro atoms. The number of likely N-dealkylation sites (N-methyl/N-ethyl adjacent to an activating group) is 1. The van der Waals surface area contributed by atoms with Crippen LogP contribution in [0.25, 0.3) is 0 Å². The van der Waals surface area contributed by atoms with Crippen molar-refractivity contribution in [3.8, 4) is 0 Å². The molecule has 0 aliphatic carbocycles. The lowest BCUT2D eigenvalue weighted by Crippen LogP contribution is -2.47. The molecular formula is C21H21F3IN3O2. The number of rotatable bonds is 3. The Balaban J connectivity index is 1.90. The summed E-state index contributed by atoms with van der Waals surface area (Å²) >= 11 is 2.09. The molecule has 0 saturated carbocycles. The van der Waals surface area contributed by atoms with Gasteiger partial charge in [0.1, 0.15) is 0 Å². The average molecular weight is 531 g/mol. The van der Waals surface area contributed by atoms with Gasteiger partial charge < -0.3 is 15.1 Å². The largest absolute Gasteiger partial charge is 0.416 e. The molecule has 0 atom stereocenters. The second-order valence-electron chi connectivity index (χ2n) is 7.31. The van der Waals surface area contributed by atoms with Gasteiger partial charge in [0.05, 0.1) is 5.56 Å². The predicted octanol–water partition coefficient (Wildman–Crippen LogP) is 4.26. The quantitative estimate of drug-likeness (QED) is 0.603. The molecule has 3 rings (SSSR count). The molecule has 1 heterocycles. The number of hydrogen-bond donors (Lipinski definition) is 1. The van der Waals surface area contributed by atoms with Crippen LogP contribution in [0, 0.1) is 10.5 Å². The summed E-state index contributed by atoms with van der Waals surface area (Å²) in [5, 5.41) is 2.50. The SMILES string of the molecule is Cc1ccc(C(=O)Nc2cc(C(=O)N3CCN(C)CC3)cc(C(F)(F)F)c2)cc1I. The molecule has 9 heteroatoms. The lowest BCUT2D eigenvalue weighted by Gasteiger charge is -2.32. The van der Waals surface area contributed by atoms with Gasteiger partial charge in [-0.15, -0.1) is 0 Å². The van der Waals surface area contributed by atoms with Gasteiger partial charge in [0.15, 0.2) is 0 Å². The van der Waals surface area contributed by atoms with Crippen LogP contribution < -0.4 is 5.32 Å². The summed E-state index contributed by atoms with van der Waals surface area (Å²) in [6.07, 6.45) is -4.64. The highest BCUT2D eigenvalue weighted by atomic mass is 127. The van der Waals surface area contributed by atoms with Crippen molar-refractivity contribution in [3.63, 3.8) is 0 Å². The number of carbonyl (C=O) groups is 2. The number of amides is 2. The van der Waals surface area contributed by atoms with Crippen molar-refractivity contribution in [1.29, 1.82) is 0 Å². The molecule has 1 aliphatic rings. The van der Waals surface area contributed by atoms with Crippen LogP contribution in [0.4, 0.5) is 18.9 Å². The molecule has 0 unspecified atom stereocenters. The van der Waals surface area contributed by atoms with Crippen LogP contribution in [0.1, 0.15) is 31.8 Å². The summed E-state index contributed by atoms with van der Waals surface area (Å²) < 4.78 is 41.1. The number of halogens is 4. The maximum absolute atomic E-state index is 13.4. The van der Waals surface area contributed by atoms with E-state index < -0.39 is 23.6 Å². The standard InChI is InChI=1S/C21H21F3IN3O2/c1-13-3-4-14(11-18(13)25)19(29)26-17-10-15(9-16(12-17)21(22,23)24)20(30)28-7-5-27(2)6-8-28/h3-4,9-12H,5-8H2,1-2H3,(H,26,29). The first-order chi connectivity index (χ1) is 14.0. The van der Waals surface area contributed by atoms with Crippen molar-refractivity contribution in [2.24, 2.45) is 0 Å². The fourth-order valence-corrected chi connectivity index (χ4v) is 3.63. The third-order valence-corrected chi connectivity index (χ3v) is 6.15. The van der Waals surface area contributed by atoms with Crippen LogP contribution in [-0.4, -0.2) is 54.8 Å². The van der Waals surface area contributed by atoms with Gasteiger partial charge in [-0.1, -0.05) is 6.07 Å². The number of aryl methyl sites for hydroxylation is 1. The normalized spacial score (nSPS) is 15.2. The fourth-order valence-electron chi connectivity index (χ4n) is 3.12. The minimum Gasteiger partial charge on any atom is -0.336 e. The van der Waals surface area contributed by atoms with Crippen LogP contribution >= 0.6 is 22.6 Å². The summed E-state index contributed by atoms with van der Waals surface area (Å²) in [7, 11) is 1.92. The number of benzene rings is 2. The Bertz CT molecular complexity index is 970. The molecule has 2 aromatic rings. The zero-order chi connectivity index (χ0) is 22.1. The number of nitrogens with zero attached hydrogens (tertiary/aromatic N) is 2. The Labute approximate surface area is 186 Å². The Morgan fingerprint density at radius 1 is 1.00 bits per heavy atom. The van der Waals surface area contributed by atoms with E-state index in [1.807, 2.05) is 18.9 Å². The maximum Gasteiger partial charge on any atom is 0.416 e. The van der Waals surface area contributed by atoms with Crippen LogP contribution in [-0.2, 0) is 6.18 Å². The second kappa shape index (κ2) is 8.93. The molecule has 2 aromatic carbocycles. The van der Waals surface area contributed by atoms with Crippen LogP contribution in [0.5, 0.6) is 0 Å². The highest BCUT2D eigenvalue weighted by Gasteiger charge is 2.33. The molecule has 1 N–H and O–H groups in total. The number of alkyl halides is 3. The zero-order valence-electron chi connectivity index (χ0n) is 16.5. The van der Waals surface area contributed by atoms with E-state index in [0.717, 1.165) is 21.3 Å². The lowest BCUT2D eigenvalue weighted by molar-refractivity contribution is -0.137. The molecule has 1 saturated heterocycles. The predicted molar refractivity (Wildman–Crippen MR) is 117 cm³/mol. The number of nitrogens with one attached hydrogen (secondary N) is 1. The van der Waals surface area contributed by atoms with Gasteiger partial charge in [0.25, 0.3) is 11.8 Å². The van der Waals surface area contributed by atoms with E-state index in [4.69, 9.17) is 0 Å². The highest BCUT2D eigenvalue weighted by Crippen LogP contribution is 2.32. The van der Waals surface area contributed by atoms with Crippen molar-refractivity contribution in [1.82, 2.24) is 9.80 Å². The summed E-state index contributed by atoms with van der Waals surface area (Å²) in [4.78, 5) is 28.9. The Hall–Kier alpha value is -2.14. The zero-order valence-corrected chi connectivity index (χ0v) is 18.7. The number of hydrogen-bond acceptors (Lipinski definition) is 3. The summed E-state index contributed by atoms with van der Waals surface area (Å²) in [6, 6.07) is 8.02. The minimum absolute atomic E-state index is 0.0668. The first kappa shape index (κ1) is 22.5. The number of carbonyl (C=O) groups excluding carboxylic acids is 2. The summed E-state index contributed by atoms with van der Waals surface area (Å²) in [5.74, 6) is -1.01. The van der Waals surface area contributed by atoms with Gasteiger partial charge in [0.2, 0.25) is 0 Å². The number of anilines is 1. The number of piperazine rings is 1. The summed E-state index contributed by atoms with van der Waals surface area (Å²) in [6.45, 7) is 4.08. The van der Waals surface area contributed by atoms with Gasteiger partial charge in [-0.3, -0.25) is 9.59 Å².